The summed E-state index contributed by atoms with van der Waals surface area (Å²) < 4.78 is 25.8. The van der Waals surface area contributed by atoms with Gasteiger partial charge >= 0.3 is 0 Å². The van der Waals surface area contributed by atoms with Gasteiger partial charge in [-0.1, -0.05) is 0 Å². The lowest BCUT2D eigenvalue weighted by Gasteiger charge is -2.22. The molecule has 1 aromatic heterocycles. The first-order valence-electron chi connectivity index (χ1n) is 9.33. The van der Waals surface area contributed by atoms with Gasteiger partial charge in [0, 0.05) is 22.7 Å². The molecule has 0 aliphatic carbocycles. The highest BCUT2D eigenvalue weighted by molar-refractivity contribution is 8.01. The van der Waals surface area contributed by atoms with Crippen LogP contribution in [0.15, 0.2) is 39.4 Å². The van der Waals surface area contributed by atoms with Crippen LogP contribution in [0.25, 0.3) is 0 Å². The molecule has 0 saturated carbocycles. The van der Waals surface area contributed by atoms with E-state index in [1.165, 1.54) is 35.2 Å². The maximum Gasteiger partial charge on any atom is 0.237 e. The molecule has 1 aliphatic rings. The maximum atomic E-state index is 12.9. The van der Waals surface area contributed by atoms with Crippen LogP contribution in [0.4, 0.5) is 5.69 Å². The SMILES string of the molecule is Cc1ccsc1CCNC(=O)C[C@@H](C)S(=O)(=O)c1ccc2c(c1)NC(=O)[C@@H](C)S2. The number of thiophene rings is 1. The van der Waals surface area contributed by atoms with Crippen LogP contribution >= 0.6 is 23.1 Å². The second kappa shape index (κ2) is 8.89. The van der Waals surface area contributed by atoms with E-state index < -0.39 is 15.1 Å². The standard InChI is InChI=1S/C20H24N2O4S3/c1-12-7-9-27-17(12)6-8-21-19(23)10-13(2)29(25,26)15-4-5-18-16(11-15)22-20(24)14(3)28-18/h4-5,7,9,11,13-14H,6,8,10H2,1-3H3,(H,21,23)(H,22,24)/t13-,14-/m1/s1. The molecule has 2 N–H and O–H groups in total. The van der Waals surface area contributed by atoms with Gasteiger partial charge in [-0.25, -0.2) is 8.42 Å². The summed E-state index contributed by atoms with van der Waals surface area (Å²) in [6.45, 7) is 5.84. The van der Waals surface area contributed by atoms with Crippen molar-refractivity contribution in [2.75, 3.05) is 11.9 Å². The Bertz CT molecular complexity index is 1030. The number of anilines is 1. The fraction of sp³-hybridized carbons (Fsp3) is 0.400. The first-order chi connectivity index (χ1) is 13.7. The normalized spacial score (nSPS) is 17.3. The molecule has 0 radical (unpaired) electrons. The Labute approximate surface area is 179 Å². The van der Waals surface area contributed by atoms with Crippen LogP contribution in [0.3, 0.4) is 0 Å². The van der Waals surface area contributed by atoms with E-state index in [2.05, 4.69) is 10.6 Å². The van der Waals surface area contributed by atoms with Crippen molar-refractivity contribution in [2.45, 2.75) is 53.9 Å². The summed E-state index contributed by atoms with van der Waals surface area (Å²) >= 11 is 3.05. The fourth-order valence-corrected chi connectivity index (χ4v) is 6.23. The zero-order chi connectivity index (χ0) is 21.2. The summed E-state index contributed by atoms with van der Waals surface area (Å²) in [6, 6.07) is 6.77. The van der Waals surface area contributed by atoms with E-state index in [4.69, 9.17) is 0 Å². The van der Waals surface area contributed by atoms with Gasteiger partial charge < -0.3 is 10.6 Å². The number of amides is 2. The minimum Gasteiger partial charge on any atom is -0.356 e. The molecular formula is C20H24N2O4S3. The van der Waals surface area contributed by atoms with Gasteiger partial charge in [0.25, 0.3) is 0 Å². The lowest BCUT2D eigenvalue weighted by Crippen LogP contribution is -2.31. The lowest BCUT2D eigenvalue weighted by atomic mass is 10.2. The predicted octanol–water partition coefficient (Wildman–Crippen LogP) is 3.40. The molecular weight excluding hydrogens is 428 g/mol. The maximum absolute atomic E-state index is 12.9. The van der Waals surface area contributed by atoms with Crippen LogP contribution in [-0.2, 0) is 25.8 Å². The largest absolute Gasteiger partial charge is 0.356 e. The Morgan fingerprint density at radius 2 is 2.07 bits per heavy atom. The van der Waals surface area contributed by atoms with Crippen LogP contribution in [0.2, 0.25) is 0 Å². The van der Waals surface area contributed by atoms with E-state index in [1.807, 2.05) is 18.4 Å². The molecule has 9 heteroatoms. The van der Waals surface area contributed by atoms with Crippen molar-refractivity contribution in [3.05, 3.63) is 40.1 Å². The Balaban J connectivity index is 1.61. The van der Waals surface area contributed by atoms with E-state index in [0.29, 0.717) is 12.2 Å². The first-order valence-corrected chi connectivity index (χ1v) is 12.6. The molecule has 0 saturated heterocycles. The van der Waals surface area contributed by atoms with Crippen molar-refractivity contribution in [2.24, 2.45) is 0 Å². The van der Waals surface area contributed by atoms with E-state index in [-0.39, 0.29) is 28.4 Å². The van der Waals surface area contributed by atoms with Gasteiger partial charge in [0.2, 0.25) is 11.8 Å². The number of rotatable bonds is 7. The average Bonchev–Trinajstić information content (AvgIpc) is 3.07. The van der Waals surface area contributed by atoms with Crippen LogP contribution in [0.5, 0.6) is 0 Å². The summed E-state index contributed by atoms with van der Waals surface area (Å²) in [7, 11) is -3.69. The van der Waals surface area contributed by atoms with Crippen LogP contribution in [0, 0.1) is 6.92 Å². The molecule has 2 amide bonds. The lowest BCUT2D eigenvalue weighted by molar-refractivity contribution is -0.121. The van der Waals surface area contributed by atoms with Gasteiger partial charge in [-0.05, 0) is 62.4 Å². The number of aryl methyl sites for hydroxylation is 1. The molecule has 2 atom stereocenters. The zero-order valence-corrected chi connectivity index (χ0v) is 19.0. The molecule has 6 nitrogen and oxygen atoms in total. The first kappa shape index (κ1) is 21.9. The molecule has 29 heavy (non-hydrogen) atoms. The molecule has 2 heterocycles. The highest BCUT2D eigenvalue weighted by Crippen LogP contribution is 2.37. The average molecular weight is 453 g/mol. The van der Waals surface area contributed by atoms with Crippen molar-refractivity contribution in [1.82, 2.24) is 5.32 Å². The number of nitrogens with one attached hydrogen (secondary N) is 2. The molecule has 0 bridgehead atoms. The molecule has 156 valence electrons. The predicted molar refractivity (Wildman–Crippen MR) is 117 cm³/mol. The molecule has 3 rings (SSSR count). The van der Waals surface area contributed by atoms with Crippen molar-refractivity contribution >= 4 is 50.4 Å². The number of fused-ring (bicyclic) bond motifs is 1. The van der Waals surface area contributed by atoms with Gasteiger partial charge in [-0.3, -0.25) is 9.59 Å². The highest BCUT2D eigenvalue weighted by Gasteiger charge is 2.29. The molecule has 2 aromatic rings. The Hall–Kier alpha value is -1.84. The van der Waals surface area contributed by atoms with Gasteiger partial charge in [-0.2, -0.15) is 0 Å². The Morgan fingerprint density at radius 3 is 2.76 bits per heavy atom. The topological polar surface area (TPSA) is 92.3 Å². The van der Waals surface area contributed by atoms with Crippen molar-refractivity contribution in [3.63, 3.8) is 0 Å². The second-order valence-corrected chi connectivity index (χ2v) is 11.8. The van der Waals surface area contributed by atoms with Crippen molar-refractivity contribution < 1.29 is 18.0 Å². The van der Waals surface area contributed by atoms with Gasteiger partial charge in [0.05, 0.1) is 21.1 Å². The van der Waals surface area contributed by atoms with E-state index >= 15 is 0 Å². The Kier molecular flexibility index (Phi) is 6.70. The molecule has 0 fully saturated rings. The number of carbonyl (C=O) groups excluding carboxylic acids is 2. The third-order valence-corrected chi connectivity index (χ3v) is 9.25. The fourth-order valence-electron chi connectivity index (χ4n) is 3.02. The van der Waals surface area contributed by atoms with E-state index in [1.54, 1.807) is 30.4 Å². The summed E-state index contributed by atoms with van der Waals surface area (Å²) in [5.41, 5.74) is 1.70. The van der Waals surface area contributed by atoms with Crippen molar-refractivity contribution in [1.29, 1.82) is 0 Å². The number of hydrogen-bond acceptors (Lipinski definition) is 6. The quantitative estimate of drug-likeness (QED) is 0.672. The summed E-state index contributed by atoms with van der Waals surface area (Å²) in [4.78, 5) is 26.3. The summed E-state index contributed by atoms with van der Waals surface area (Å²) in [5, 5.41) is 6.48. The van der Waals surface area contributed by atoms with E-state index in [9.17, 15) is 18.0 Å². The van der Waals surface area contributed by atoms with Crippen molar-refractivity contribution in [3.8, 4) is 0 Å². The number of sulfone groups is 1. The highest BCUT2D eigenvalue weighted by atomic mass is 32.2. The van der Waals surface area contributed by atoms with Crippen LogP contribution in [-0.4, -0.2) is 37.3 Å². The number of hydrogen-bond donors (Lipinski definition) is 2. The van der Waals surface area contributed by atoms with Crippen LogP contribution in [0.1, 0.15) is 30.7 Å². The summed E-state index contributed by atoms with van der Waals surface area (Å²) in [6.07, 6.45) is 0.623. The number of carbonyl (C=O) groups is 2. The number of thioether (sulfide) groups is 1. The smallest absolute Gasteiger partial charge is 0.237 e. The molecule has 1 aliphatic heterocycles. The van der Waals surface area contributed by atoms with Gasteiger partial charge in [-0.15, -0.1) is 23.1 Å². The third kappa shape index (κ3) is 5.02. The Morgan fingerprint density at radius 1 is 1.31 bits per heavy atom. The van der Waals surface area contributed by atoms with Gasteiger partial charge in [0.1, 0.15) is 0 Å². The second-order valence-electron chi connectivity index (χ2n) is 7.09. The summed E-state index contributed by atoms with van der Waals surface area (Å²) in [5.74, 6) is -0.434. The van der Waals surface area contributed by atoms with E-state index in [0.717, 1.165) is 11.3 Å². The molecule has 0 unspecified atom stereocenters. The molecule has 0 spiro atoms. The number of benzene rings is 1. The third-order valence-electron chi connectivity index (χ3n) is 4.86. The minimum atomic E-state index is -3.69. The minimum absolute atomic E-state index is 0.110. The van der Waals surface area contributed by atoms with Gasteiger partial charge in [0.15, 0.2) is 9.84 Å². The monoisotopic (exact) mass is 452 g/mol. The molecule has 1 aromatic carbocycles. The zero-order valence-electron chi connectivity index (χ0n) is 16.5. The van der Waals surface area contributed by atoms with Crippen LogP contribution < -0.4 is 10.6 Å².